The SMILES string of the molecule is CCCCCNC(=O)Cc1ccc(N(C)C(C)=O)cc1. The monoisotopic (exact) mass is 276 g/mol. The Morgan fingerprint density at radius 2 is 1.80 bits per heavy atom. The molecule has 0 fully saturated rings. The molecule has 0 saturated heterocycles. The van der Waals surface area contributed by atoms with Crippen LogP contribution in [0, 0.1) is 0 Å². The van der Waals surface area contributed by atoms with Crippen LogP contribution in [-0.2, 0) is 16.0 Å². The Morgan fingerprint density at radius 1 is 1.15 bits per heavy atom. The second-order valence-electron chi connectivity index (χ2n) is 4.98. The van der Waals surface area contributed by atoms with E-state index >= 15 is 0 Å². The van der Waals surface area contributed by atoms with Crippen molar-refractivity contribution in [3.8, 4) is 0 Å². The lowest BCUT2D eigenvalue weighted by Crippen LogP contribution is -2.26. The van der Waals surface area contributed by atoms with Crippen LogP contribution in [0.4, 0.5) is 5.69 Å². The molecule has 4 heteroatoms. The molecule has 0 aliphatic carbocycles. The van der Waals surface area contributed by atoms with Gasteiger partial charge in [0.2, 0.25) is 11.8 Å². The summed E-state index contributed by atoms with van der Waals surface area (Å²) in [5.74, 6) is 0.0418. The average molecular weight is 276 g/mol. The highest BCUT2D eigenvalue weighted by Crippen LogP contribution is 2.14. The van der Waals surface area contributed by atoms with Crippen molar-refractivity contribution >= 4 is 17.5 Å². The first kappa shape index (κ1) is 16.2. The molecule has 20 heavy (non-hydrogen) atoms. The van der Waals surface area contributed by atoms with Gasteiger partial charge in [-0.25, -0.2) is 0 Å². The molecule has 0 atom stereocenters. The quantitative estimate of drug-likeness (QED) is 0.778. The number of carbonyl (C=O) groups excluding carboxylic acids is 2. The normalized spacial score (nSPS) is 10.2. The first-order chi connectivity index (χ1) is 9.54. The van der Waals surface area contributed by atoms with Crippen LogP contribution < -0.4 is 10.2 Å². The third-order valence-electron chi connectivity index (χ3n) is 3.26. The molecule has 4 nitrogen and oxygen atoms in total. The lowest BCUT2D eigenvalue weighted by Gasteiger charge is -2.15. The fourth-order valence-corrected chi connectivity index (χ4v) is 1.87. The van der Waals surface area contributed by atoms with Crippen LogP contribution in [0.1, 0.15) is 38.7 Å². The number of unbranched alkanes of at least 4 members (excludes halogenated alkanes) is 2. The summed E-state index contributed by atoms with van der Waals surface area (Å²) in [6, 6.07) is 7.50. The molecule has 0 heterocycles. The Balaban J connectivity index is 2.45. The number of amides is 2. The van der Waals surface area contributed by atoms with E-state index in [0.29, 0.717) is 6.42 Å². The minimum absolute atomic E-state index is 0.00795. The van der Waals surface area contributed by atoms with Gasteiger partial charge in [0.15, 0.2) is 0 Å². The molecule has 110 valence electrons. The number of benzene rings is 1. The smallest absolute Gasteiger partial charge is 0.224 e. The topological polar surface area (TPSA) is 49.4 Å². The molecule has 0 aliphatic rings. The van der Waals surface area contributed by atoms with Crippen molar-refractivity contribution in [2.75, 3.05) is 18.5 Å². The Bertz CT molecular complexity index is 440. The molecule has 0 aromatic heterocycles. The summed E-state index contributed by atoms with van der Waals surface area (Å²) < 4.78 is 0. The molecular formula is C16H24N2O2. The van der Waals surface area contributed by atoms with Gasteiger partial charge in [0.25, 0.3) is 0 Å². The molecular weight excluding hydrogens is 252 g/mol. The summed E-state index contributed by atoms with van der Waals surface area (Å²) in [5, 5.41) is 2.92. The van der Waals surface area contributed by atoms with Crippen molar-refractivity contribution in [1.29, 1.82) is 0 Å². The maximum absolute atomic E-state index is 11.7. The van der Waals surface area contributed by atoms with Crippen LogP contribution >= 0.6 is 0 Å². The van der Waals surface area contributed by atoms with Gasteiger partial charge in [-0.1, -0.05) is 31.9 Å². The van der Waals surface area contributed by atoms with Crippen LogP contribution in [0.3, 0.4) is 0 Å². The molecule has 0 aliphatic heterocycles. The number of nitrogens with zero attached hydrogens (tertiary/aromatic N) is 1. The van der Waals surface area contributed by atoms with Crippen LogP contribution in [-0.4, -0.2) is 25.4 Å². The van der Waals surface area contributed by atoms with Crippen molar-refractivity contribution in [3.05, 3.63) is 29.8 Å². The standard InChI is InChI=1S/C16H24N2O2/c1-4-5-6-11-17-16(20)12-14-7-9-15(10-8-14)18(3)13(2)19/h7-10H,4-6,11-12H2,1-3H3,(H,17,20). The summed E-state index contributed by atoms with van der Waals surface area (Å²) in [6.45, 7) is 4.41. The van der Waals surface area contributed by atoms with E-state index in [2.05, 4.69) is 12.2 Å². The van der Waals surface area contributed by atoms with Gasteiger partial charge >= 0.3 is 0 Å². The van der Waals surface area contributed by atoms with Crippen molar-refractivity contribution in [2.45, 2.75) is 39.5 Å². The van der Waals surface area contributed by atoms with Crippen molar-refractivity contribution in [3.63, 3.8) is 0 Å². The van der Waals surface area contributed by atoms with E-state index in [9.17, 15) is 9.59 Å². The highest BCUT2D eigenvalue weighted by Gasteiger charge is 2.06. The van der Waals surface area contributed by atoms with Gasteiger partial charge in [0.1, 0.15) is 0 Å². The number of hydrogen-bond donors (Lipinski definition) is 1. The van der Waals surface area contributed by atoms with E-state index in [1.807, 2.05) is 24.3 Å². The lowest BCUT2D eigenvalue weighted by atomic mass is 10.1. The number of carbonyl (C=O) groups is 2. The van der Waals surface area contributed by atoms with E-state index in [-0.39, 0.29) is 11.8 Å². The van der Waals surface area contributed by atoms with E-state index in [1.54, 1.807) is 11.9 Å². The summed E-state index contributed by atoms with van der Waals surface area (Å²) in [5.41, 5.74) is 1.79. The highest BCUT2D eigenvalue weighted by molar-refractivity contribution is 5.90. The van der Waals surface area contributed by atoms with Crippen molar-refractivity contribution in [1.82, 2.24) is 5.32 Å². The Morgan fingerprint density at radius 3 is 2.35 bits per heavy atom. The predicted octanol–water partition coefficient (Wildman–Crippen LogP) is 2.52. The zero-order valence-electron chi connectivity index (χ0n) is 12.6. The first-order valence-corrected chi connectivity index (χ1v) is 7.14. The fourth-order valence-electron chi connectivity index (χ4n) is 1.87. The maximum atomic E-state index is 11.7. The predicted molar refractivity (Wildman–Crippen MR) is 81.8 cm³/mol. The van der Waals surface area contributed by atoms with Gasteiger partial charge in [-0.3, -0.25) is 9.59 Å². The van der Waals surface area contributed by atoms with Gasteiger partial charge < -0.3 is 10.2 Å². The van der Waals surface area contributed by atoms with Gasteiger partial charge in [0, 0.05) is 26.2 Å². The molecule has 2 amide bonds. The molecule has 1 rings (SSSR count). The molecule has 1 aromatic carbocycles. The van der Waals surface area contributed by atoms with Crippen LogP contribution in [0.2, 0.25) is 0 Å². The van der Waals surface area contributed by atoms with E-state index in [4.69, 9.17) is 0 Å². The average Bonchev–Trinajstić information content (AvgIpc) is 2.43. The minimum Gasteiger partial charge on any atom is -0.356 e. The van der Waals surface area contributed by atoms with Gasteiger partial charge in [-0.2, -0.15) is 0 Å². The van der Waals surface area contributed by atoms with Crippen LogP contribution in [0.25, 0.3) is 0 Å². The van der Waals surface area contributed by atoms with E-state index < -0.39 is 0 Å². The van der Waals surface area contributed by atoms with Gasteiger partial charge in [-0.15, -0.1) is 0 Å². The summed E-state index contributed by atoms with van der Waals surface area (Å²) >= 11 is 0. The van der Waals surface area contributed by atoms with E-state index in [0.717, 1.165) is 37.1 Å². The van der Waals surface area contributed by atoms with Crippen LogP contribution in [0.15, 0.2) is 24.3 Å². The number of anilines is 1. The molecule has 1 N–H and O–H groups in total. The minimum atomic E-state index is -0.00795. The highest BCUT2D eigenvalue weighted by atomic mass is 16.2. The fraction of sp³-hybridized carbons (Fsp3) is 0.500. The third kappa shape index (κ3) is 5.43. The largest absolute Gasteiger partial charge is 0.356 e. The third-order valence-corrected chi connectivity index (χ3v) is 3.26. The Hall–Kier alpha value is -1.84. The second-order valence-corrected chi connectivity index (χ2v) is 4.98. The number of hydrogen-bond acceptors (Lipinski definition) is 2. The zero-order valence-corrected chi connectivity index (χ0v) is 12.6. The maximum Gasteiger partial charge on any atom is 0.224 e. The van der Waals surface area contributed by atoms with Crippen molar-refractivity contribution < 1.29 is 9.59 Å². The summed E-state index contributed by atoms with van der Waals surface area (Å²) in [4.78, 5) is 24.5. The lowest BCUT2D eigenvalue weighted by molar-refractivity contribution is -0.120. The zero-order chi connectivity index (χ0) is 15.0. The summed E-state index contributed by atoms with van der Waals surface area (Å²) in [6.07, 6.45) is 3.72. The van der Waals surface area contributed by atoms with Gasteiger partial charge in [0.05, 0.1) is 6.42 Å². The van der Waals surface area contributed by atoms with Crippen molar-refractivity contribution in [2.24, 2.45) is 0 Å². The Kier molecular flexibility index (Phi) is 6.77. The number of nitrogens with one attached hydrogen (secondary N) is 1. The molecule has 0 unspecified atom stereocenters. The number of rotatable bonds is 7. The first-order valence-electron chi connectivity index (χ1n) is 7.14. The van der Waals surface area contributed by atoms with Crippen LogP contribution in [0.5, 0.6) is 0 Å². The molecule has 0 radical (unpaired) electrons. The Labute approximate surface area is 121 Å². The molecule has 0 spiro atoms. The molecule has 0 bridgehead atoms. The second kappa shape index (κ2) is 8.35. The molecule has 1 aromatic rings. The summed E-state index contributed by atoms with van der Waals surface area (Å²) in [7, 11) is 1.73. The van der Waals surface area contributed by atoms with Gasteiger partial charge in [-0.05, 0) is 24.1 Å². The molecule has 0 saturated carbocycles. The van der Waals surface area contributed by atoms with E-state index in [1.165, 1.54) is 6.92 Å².